The number of benzene rings is 1. The van der Waals surface area contributed by atoms with E-state index in [4.69, 9.17) is 10.00 Å². The maximum atomic E-state index is 13.1. The third-order valence-electron chi connectivity index (χ3n) is 5.13. The van der Waals surface area contributed by atoms with Gasteiger partial charge in [-0.3, -0.25) is 24.1 Å². The summed E-state index contributed by atoms with van der Waals surface area (Å²) in [4.78, 5) is 51.5. The smallest absolute Gasteiger partial charge is 0.326 e. The number of hydrogen-bond donors (Lipinski definition) is 0. The standard InChI is InChI=1S/C21H20FN3O5/c22-14-6-8-15(9-7-14)24(11-3-10-23)18(26)13-30-19(27)12-25-20(28)16-4-1-2-5-17(16)21(25)29/h1-2,6-9,16-17H,3-5,11-13H2. The second kappa shape index (κ2) is 9.31. The highest BCUT2D eigenvalue weighted by atomic mass is 19.1. The van der Waals surface area contributed by atoms with Crippen LogP contribution >= 0.6 is 0 Å². The molecule has 0 bridgehead atoms. The number of nitriles is 1. The summed E-state index contributed by atoms with van der Waals surface area (Å²) in [6.45, 7) is -1.14. The van der Waals surface area contributed by atoms with Crippen LogP contribution in [0.2, 0.25) is 0 Å². The molecule has 30 heavy (non-hydrogen) atoms. The zero-order chi connectivity index (χ0) is 21.7. The van der Waals surface area contributed by atoms with Gasteiger partial charge in [-0.05, 0) is 37.1 Å². The third-order valence-corrected chi connectivity index (χ3v) is 5.13. The van der Waals surface area contributed by atoms with E-state index < -0.39 is 54.5 Å². The molecule has 156 valence electrons. The Morgan fingerprint density at radius 1 is 1.13 bits per heavy atom. The van der Waals surface area contributed by atoms with E-state index in [0.29, 0.717) is 18.5 Å². The molecule has 0 radical (unpaired) electrons. The first-order chi connectivity index (χ1) is 14.4. The average molecular weight is 413 g/mol. The van der Waals surface area contributed by atoms with Gasteiger partial charge in [0.2, 0.25) is 11.8 Å². The molecule has 3 rings (SSSR count). The Morgan fingerprint density at radius 3 is 2.30 bits per heavy atom. The van der Waals surface area contributed by atoms with Gasteiger partial charge in [-0.2, -0.15) is 5.26 Å². The maximum absolute atomic E-state index is 13.1. The Hall–Kier alpha value is -3.54. The molecule has 0 N–H and O–H groups in total. The maximum Gasteiger partial charge on any atom is 0.326 e. The minimum absolute atomic E-state index is 0.0324. The number of likely N-dealkylation sites (tertiary alicyclic amines) is 1. The second-order valence-electron chi connectivity index (χ2n) is 7.01. The minimum Gasteiger partial charge on any atom is -0.454 e. The predicted octanol–water partition coefficient (Wildman–Crippen LogP) is 1.57. The fourth-order valence-electron chi connectivity index (χ4n) is 3.60. The van der Waals surface area contributed by atoms with Crippen molar-refractivity contribution in [3.8, 4) is 6.07 Å². The molecule has 1 aromatic rings. The zero-order valence-corrected chi connectivity index (χ0v) is 16.1. The Bertz CT molecular complexity index is 896. The first-order valence-electron chi connectivity index (χ1n) is 9.51. The van der Waals surface area contributed by atoms with Crippen LogP contribution in [0.3, 0.4) is 0 Å². The van der Waals surface area contributed by atoms with E-state index in [-0.39, 0.29) is 13.0 Å². The van der Waals surface area contributed by atoms with E-state index in [9.17, 15) is 23.6 Å². The Morgan fingerprint density at radius 2 is 1.73 bits per heavy atom. The Labute approximate surface area is 172 Å². The lowest BCUT2D eigenvalue weighted by Gasteiger charge is -2.22. The fraction of sp³-hybridized carbons (Fsp3) is 0.381. The van der Waals surface area contributed by atoms with E-state index in [2.05, 4.69) is 0 Å². The van der Waals surface area contributed by atoms with Crippen LogP contribution in [0, 0.1) is 29.0 Å². The van der Waals surface area contributed by atoms with Crippen LogP contribution in [0.4, 0.5) is 10.1 Å². The van der Waals surface area contributed by atoms with Gasteiger partial charge in [0.1, 0.15) is 12.4 Å². The summed E-state index contributed by atoms with van der Waals surface area (Å²) in [7, 11) is 0. The summed E-state index contributed by atoms with van der Waals surface area (Å²) in [5, 5.41) is 8.80. The molecule has 2 atom stereocenters. The number of anilines is 1. The van der Waals surface area contributed by atoms with Crippen LogP contribution in [0.1, 0.15) is 19.3 Å². The number of hydrogen-bond acceptors (Lipinski definition) is 6. The van der Waals surface area contributed by atoms with Crippen LogP contribution in [0.15, 0.2) is 36.4 Å². The van der Waals surface area contributed by atoms with Crippen molar-refractivity contribution in [2.24, 2.45) is 11.8 Å². The molecule has 2 unspecified atom stereocenters. The second-order valence-corrected chi connectivity index (χ2v) is 7.01. The third kappa shape index (κ3) is 4.54. The van der Waals surface area contributed by atoms with Gasteiger partial charge < -0.3 is 9.64 Å². The van der Waals surface area contributed by atoms with Crippen LogP contribution in [0.25, 0.3) is 0 Å². The number of nitrogens with zero attached hydrogens (tertiary/aromatic N) is 3. The summed E-state index contributed by atoms with van der Waals surface area (Å²) in [6.07, 6.45) is 4.65. The summed E-state index contributed by atoms with van der Waals surface area (Å²) in [5.41, 5.74) is 0.356. The van der Waals surface area contributed by atoms with Crippen molar-refractivity contribution >= 4 is 29.4 Å². The minimum atomic E-state index is -0.879. The molecule has 1 saturated heterocycles. The highest BCUT2D eigenvalue weighted by Crippen LogP contribution is 2.34. The van der Waals surface area contributed by atoms with E-state index >= 15 is 0 Å². The van der Waals surface area contributed by atoms with Gasteiger partial charge in [0.15, 0.2) is 6.61 Å². The van der Waals surface area contributed by atoms with Crippen molar-refractivity contribution in [2.75, 3.05) is 24.6 Å². The van der Waals surface area contributed by atoms with E-state index in [1.54, 1.807) is 0 Å². The van der Waals surface area contributed by atoms with Gasteiger partial charge in [0.05, 0.1) is 24.3 Å². The number of halogens is 1. The van der Waals surface area contributed by atoms with Gasteiger partial charge in [-0.1, -0.05) is 12.2 Å². The lowest BCUT2D eigenvalue weighted by atomic mass is 9.85. The molecule has 8 nitrogen and oxygen atoms in total. The number of carbonyl (C=O) groups excluding carboxylic acids is 4. The lowest BCUT2D eigenvalue weighted by molar-refractivity contribution is -0.154. The normalized spacial score (nSPS) is 19.9. The van der Waals surface area contributed by atoms with Gasteiger partial charge >= 0.3 is 5.97 Å². The molecule has 1 aliphatic heterocycles. The average Bonchev–Trinajstić information content (AvgIpc) is 2.99. The van der Waals surface area contributed by atoms with Crippen molar-refractivity contribution in [1.82, 2.24) is 4.90 Å². The van der Waals surface area contributed by atoms with Crippen molar-refractivity contribution < 1.29 is 28.3 Å². The van der Waals surface area contributed by atoms with Gasteiger partial charge in [0, 0.05) is 12.2 Å². The topological polar surface area (TPSA) is 108 Å². The molecule has 1 fully saturated rings. The SMILES string of the molecule is N#CCCN(C(=O)COC(=O)CN1C(=O)C2CC=CCC2C1=O)c1ccc(F)cc1. The first kappa shape index (κ1) is 21.2. The Kier molecular flexibility index (Phi) is 6.57. The summed E-state index contributed by atoms with van der Waals surface area (Å²) in [5.74, 6) is -3.67. The van der Waals surface area contributed by atoms with Gasteiger partial charge in [-0.15, -0.1) is 0 Å². The number of esters is 1. The van der Waals surface area contributed by atoms with Gasteiger partial charge in [-0.25, -0.2) is 4.39 Å². The number of rotatable bonds is 7. The Balaban J connectivity index is 1.58. The van der Waals surface area contributed by atoms with E-state index in [0.717, 1.165) is 4.90 Å². The number of carbonyl (C=O) groups is 4. The van der Waals surface area contributed by atoms with Crippen LogP contribution in [-0.4, -0.2) is 48.3 Å². The van der Waals surface area contributed by atoms with E-state index in [1.165, 1.54) is 29.2 Å². The van der Waals surface area contributed by atoms with Crippen LogP contribution in [0.5, 0.6) is 0 Å². The molecule has 0 aromatic heterocycles. The van der Waals surface area contributed by atoms with Crippen molar-refractivity contribution in [3.63, 3.8) is 0 Å². The molecule has 9 heteroatoms. The number of ether oxygens (including phenoxy) is 1. The highest BCUT2D eigenvalue weighted by Gasteiger charge is 2.47. The summed E-state index contributed by atoms with van der Waals surface area (Å²) < 4.78 is 18.1. The first-order valence-corrected chi connectivity index (χ1v) is 9.51. The molecular weight excluding hydrogens is 393 g/mol. The van der Waals surface area contributed by atoms with Crippen molar-refractivity contribution in [3.05, 3.63) is 42.2 Å². The van der Waals surface area contributed by atoms with E-state index in [1.807, 2.05) is 18.2 Å². The molecule has 1 aromatic carbocycles. The monoisotopic (exact) mass is 413 g/mol. The number of imide groups is 1. The van der Waals surface area contributed by atoms with Crippen LogP contribution in [-0.2, 0) is 23.9 Å². The molecule has 1 heterocycles. The molecular formula is C21H20FN3O5. The van der Waals surface area contributed by atoms with Gasteiger partial charge in [0.25, 0.3) is 5.91 Å². The predicted molar refractivity (Wildman–Crippen MR) is 102 cm³/mol. The molecule has 2 aliphatic rings. The van der Waals surface area contributed by atoms with Crippen molar-refractivity contribution in [2.45, 2.75) is 19.3 Å². The molecule has 1 aliphatic carbocycles. The largest absolute Gasteiger partial charge is 0.454 e. The fourth-order valence-corrected chi connectivity index (χ4v) is 3.60. The van der Waals surface area contributed by atoms with Crippen molar-refractivity contribution in [1.29, 1.82) is 5.26 Å². The molecule has 3 amide bonds. The lowest BCUT2D eigenvalue weighted by Crippen LogP contribution is -2.39. The summed E-state index contributed by atoms with van der Waals surface area (Å²) >= 11 is 0. The number of allylic oxidation sites excluding steroid dienone is 2. The number of amides is 3. The van der Waals surface area contributed by atoms with Crippen LogP contribution < -0.4 is 4.90 Å². The zero-order valence-electron chi connectivity index (χ0n) is 16.1. The molecule has 0 saturated carbocycles. The highest BCUT2D eigenvalue weighted by molar-refractivity contribution is 6.07. The number of fused-ring (bicyclic) bond motifs is 1. The quantitative estimate of drug-likeness (QED) is 0.381. The summed E-state index contributed by atoms with van der Waals surface area (Å²) in [6, 6.07) is 7.02. The molecule has 0 spiro atoms.